The molecule has 5 heteroatoms. The number of benzene rings is 1. The van der Waals surface area contributed by atoms with Gasteiger partial charge in [0.2, 0.25) is 0 Å². The Morgan fingerprint density at radius 1 is 1.45 bits per heavy atom. The van der Waals surface area contributed by atoms with Crippen molar-refractivity contribution in [2.24, 2.45) is 0 Å². The van der Waals surface area contributed by atoms with Crippen LogP contribution < -0.4 is 10.6 Å². The van der Waals surface area contributed by atoms with Gasteiger partial charge >= 0.3 is 0 Å². The van der Waals surface area contributed by atoms with Crippen LogP contribution in [0.3, 0.4) is 0 Å². The van der Waals surface area contributed by atoms with Crippen molar-refractivity contribution >= 4 is 5.91 Å². The van der Waals surface area contributed by atoms with Gasteiger partial charge in [-0.15, -0.1) is 0 Å². The molecule has 1 atom stereocenters. The van der Waals surface area contributed by atoms with Crippen LogP contribution in [0.5, 0.6) is 0 Å². The van der Waals surface area contributed by atoms with Crippen LogP contribution in [0.1, 0.15) is 40.5 Å². The minimum atomic E-state index is -0.121. The van der Waals surface area contributed by atoms with Crippen LogP contribution in [-0.4, -0.2) is 28.8 Å². The Balaban J connectivity index is 1.59. The number of hydrogen-bond donors (Lipinski definition) is 2. The predicted molar refractivity (Wildman–Crippen MR) is 85.7 cm³/mol. The first kappa shape index (κ1) is 14.8. The van der Waals surface area contributed by atoms with Gasteiger partial charge in [0.15, 0.2) is 0 Å². The molecule has 1 aromatic heterocycles. The molecule has 1 aromatic carbocycles. The number of nitrogens with zero attached hydrogens (tertiary/aromatic N) is 2. The smallest absolute Gasteiger partial charge is 0.272 e. The van der Waals surface area contributed by atoms with Gasteiger partial charge in [-0.2, -0.15) is 5.10 Å². The molecule has 1 amide bonds. The summed E-state index contributed by atoms with van der Waals surface area (Å²) in [7, 11) is 0. The molecular formula is C17H22N4O. The lowest BCUT2D eigenvalue weighted by Gasteiger charge is -2.22. The maximum absolute atomic E-state index is 12.2. The lowest BCUT2D eigenvalue weighted by atomic mass is 10.1. The van der Waals surface area contributed by atoms with Gasteiger partial charge in [0.25, 0.3) is 5.91 Å². The van der Waals surface area contributed by atoms with Crippen LogP contribution in [0, 0.1) is 6.92 Å². The zero-order chi connectivity index (χ0) is 15.4. The Morgan fingerprint density at radius 3 is 3.14 bits per heavy atom. The summed E-state index contributed by atoms with van der Waals surface area (Å²) < 4.78 is 1.91. The third-order valence-electron chi connectivity index (χ3n) is 4.02. The molecule has 116 valence electrons. The molecule has 1 aliphatic rings. The minimum absolute atomic E-state index is 0.121. The van der Waals surface area contributed by atoms with Gasteiger partial charge in [-0.05, 0) is 37.9 Å². The van der Waals surface area contributed by atoms with Crippen LogP contribution in [0.25, 0.3) is 0 Å². The van der Waals surface area contributed by atoms with E-state index in [1.807, 2.05) is 36.0 Å². The molecule has 0 bridgehead atoms. The average molecular weight is 298 g/mol. The van der Waals surface area contributed by atoms with Crippen molar-refractivity contribution in [3.63, 3.8) is 0 Å². The van der Waals surface area contributed by atoms with Crippen LogP contribution >= 0.6 is 0 Å². The van der Waals surface area contributed by atoms with Crippen LogP contribution in [0.2, 0.25) is 0 Å². The van der Waals surface area contributed by atoms with Gasteiger partial charge in [0.1, 0.15) is 5.69 Å². The number of piperidine rings is 1. The van der Waals surface area contributed by atoms with Gasteiger partial charge in [0.05, 0.1) is 6.04 Å². The largest absolute Gasteiger partial charge is 0.347 e. The number of carbonyl (C=O) groups excluding carboxylic acids is 1. The van der Waals surface area contributed by atoms with Crippen LogP contribution in [0.4, 0.5) is 0 Å². The van der Waals surface area contributed by atoms with E-state index in [4.69, 9.17) is 0 Å². The number of hydrogen-bond acceptors (Lipinski definition) is 3. The Bertz CT molecular complexity index is 644. The van der Waals surface area contributed by atoms with Gasteiger partial charge in [0, 0.05) is 19.3 Å². The molecule has 1 unspecified atom stereocenters. The Labute approximate surface area is 130 Å². The monoisotopic (exact) mass is 298 g/mol. The summed E-state index contributed by atoms with van der Waals surface area (Å²) >= 11 is 0. The van der Waals surface area contributed by atoms with Gasteiger partial charge < -0.3 is 10.6 Å². The van der Waals surface area contributed by atoms with E-state index in [1.165, 1.54) is 5.56 Å². The summed E-state index contributed by atoms with van der Waals surface area (Å²) in [6.07, 6.45) is 4.16. The highest BCUT2D eigenvalue weighted by atomic mass is 16.1. The third-order valence-corrected chi connectivity index (χ3v) is 4.02. The number of aryl methyl sites for hydroxylation is 1. The Kier molecular flexibility index (Phi) is 4.53. The first-order chi connectivity index (χ1) is 10.7. The second-order valence-corrected chi connectivity index (χ2v) is 5.85. The summed E-state index contributed by atoms with van der Waals surface area (Å²) in [5.41, 5.74) is 2.78. The summed E-state index contributed by atoms with van der Waals surface area (Å²) in [5.74, 6) is -0.121. The standard InChI is InChI=1S/C17H22N4O/c1-13-4-2-5-14(10-13)11-19-17(22)16-7-9-21(20-16)15-6-3-8-18-12-15/h2,4-5,7,9-10,15,18H,3,6,8,11-12H2,1H3,(H,19,22). The average Bonchev–Trinajstić information content (AvgIpc) is 3.04. The van der Waals surface area contributed by atoms with Crippen molar-refractivity contribution in [1.29, 1.82) is 0 Å². The second kappa shape index (κ2) is 6.75. The molecule has 22 heavy (non-hydrogen) atoms. The van der Waals surface area contributed by atoms with Crippen LogP contribution in [-0.2, 0) is 6.54 Å². The maximum Gasteiger partial charge on any atom is 0.272 e. The summed E-state index contributed by atoms with van der Waals surface area (Å²) in [4.78, 5) is 12.2. The van der Waals surface area contributed by atoms with E-state index in [-0.39, 0.29) is 5.91 Å². The lowest BCUT2D eigenvalue weighted by molar-refractivity contribution is 0.0944. The first-order valence-electron chi connectivity index (χ1n) is 7.82. The molecule has 2 N–H and O–H groups in total. The van der Waals surface area contributed by atoms with E-state index in [1.54, 1.807) is 6.07 Å². The van der Waals surface area contributed by atoms with Crippen molar-refractivity contribution in [3.05, 3.63) is 53.3 Å². The Hall–Kier alpha value is -2.14. The fourth-order valence-corrected chi connectivity index (χ4v) is 2.82. The zero-order valence-electron chi connectivity index (χ0n) is 12.9. The number of aromatic nitrogens is 2. The second-order valence-electron chi connectivity index (χ2n) is 5.85. The number of carbonyl (C=O) groups is 1. The molecule has 1 saturated heterocycles. The van der Waals surface area contributed by atoms with Crippen molar-refractivity contribution < 1.29 is 4.79 Å². The molecular weight excluding hydrogens is 276 g/mol. The molecule has 5 nitrogen and oxygen atoms in total. The highest BCUT2D eigenvalue weighted by molar-refractivity contribution is 5.92. The molecule has 0 aliphatic carbocycles. The normalized spacial score (nSPS) is 18.1. The highest BCUT2D eigenvalue weighted by Crippen LogP contribution is 2.15. The quantitative estimate of drug-likeness (QED) is 0.908. The topological polar surface area (TPSA) is 59.0 Å². The molecule has 1 aliphatic heterocycles. The summed E-state index contributed by atoms with van der Waals surface area (Å²) in [5, 5.41) is 10.7. The van der Waals surface area contributed by atoms with E-state index in [0.29, 0.717) is 18.3 Å². The maximum atomic E-state index is 12.2. The predicted octanol–water partition coefficient (Wildman–Crippen LogP) is 2.05. The van der Waals surface area contributed by atoms with Gasteiger partial charge in [-0.1, -0.05) is 29.8 Å². The zero-order valence-corrected chi connectivity index (χ0v) is 12.9. The SMILES string of the molecule is Cc1cccc(CNC(=O)c2ccn(C3CCCNC3)n2)c1. The van der Waals surface area contributed by atoms with Crippen molar-refractivity contribution in [2.75, 3.05) is 13.1 Å². The highest BCUT2D eigenvalue weighted by Gasteiger charge is 2.17. The molecule has 0 spiro atoms. The van der Waals surface area contributed by atoms with Gasteiger partial charge in [-0.3, -0.25) is 9.48 Å². The van der Waals surface area contributed by atoms with Crippen molar-refractivity contribution in [3.8, 4) is 0 Å². The van der Waals surface area contributed by atoms with E-state index >= 15 is 0 Å². The van der Waals surface area contributed by atoms with Gasteiger partial charge in [-0.25, -0.2) is 0 Å². The molecule has 2 heterocycles. The van der Waals surface area contributed by atoms with Crippen molar-refractivity contribution in [1.82, 2.24) is 20.4 Å². The van der Waals surface area contributed by atoms with Crippen LogP contribution in [0.15, 0.2) is 36.5 Å². The van der Waals surface area contributed by atoms with E-state index < -0.39 is 0 Å². The Morgan fingerprint density at radius 2 is 2.36 bits per heavy atom. The summed E-state index contributed by atoms with van der Waals surface area (Å²) in [6, 6.07) is 10.3. The van der Waals surface area contributed by atoms with E-state index in [2.05, 4.69) is 21.8 Å². The van der Waals surface area contributed by atoms with Crippen molar-refractivity contribution in [2.45, 2.75) is 32.4 Å². The number of amides is 1. The number of rotatable bonds is 4. The molecule has 3 rings (SSSR count). The number of nitrogens with one attached hydrogen (secondary N) is 2. The molecule has 0 saturated carbocycles. The first-order valence-corrected chi connectivity index (χ1v) is 7.82. The molecule has 2 aromatic rings. The molecule has 1 fully saturated rings. The van der Waals surface area contributed by atoms with E-state index in [0.717, 1.165) is 31.5 Å². The minimum Gasteiger partial charge on any atom is -0.347 e. The third kappa shape index (κ3) is 3.54. The summed E-state index contributed by atoms with van der Waals surface area (Å²) in [6.45, 7) is 4.57. The molecule has 0 radical (unpaired) electrons. The van der Waals surface area contributed by atoms with E-state index in [9.17, 15) is 4.79 Å². The lowest BCUT2D eigenvalue weighted by Crippen LogP contribution is -2.32. The fourth-order valence-electron chi connectivity index (χ4n) is 2.82. The fraction of sp³-hybridized carbons (Fsp3) is 0.412.